The largest absolute Gasteiger partial charge is 0.294 e. The summed E-state index contributed by atoms with van der Waals surface area (Å²) in [6.07, 6.45) is 1.96. The van der Waals surface area contributed by atoms with Crippen LogP contribution in [-0.4, -0.2) is 16.5 Å². The smallest absolute Gasteiger partial charge is 0.172 e. The van der Waals surface area contributed by atoms with Gasteiger partial charge < -0.3 is 0 Å². The number of halogens is 1. The third-order valence-electron chi connectivity index (χ3n) is 3.90. The molecule has 0 spiro atoms. The quantitative estimate of drug-likeness (QED) is 0.833. The number of hydrogen-bond acceptors (Lipinski definition) is 3. The highest BCUT2D eigenvalue weighted by atomic mass is 35.5. The molecule has 0 saturated carbocycles. The minimum Gasteiger partial charge on any atom is -0.294 e. The highest BCUT2D eigenvalue weighted by Gasteiger charge is 2.25. The Balaban J connectivity index is 2.13. The fourth-order valence-corrected chi connectivity index (χ4v) is 2.83. The fraction of sp³-hybridized carbons (Fsp3) is 0.278. The minimum absolute atomic E-state index is 0.0990. The first-order valence-corrected chi connectivity index (χ1v) is 7.89. The van der Waals surface area contributed by atoms with Crippen molar-refractivity contribution in [1.82, 2.24) is 4.98 Å². The number of aliphatic imine (C=N–C) groups is 1. The van der Waals surface area contributed by atoms with E-state index in [4.69, 9.17) is 11.6 Å². The van der Waals surface area contributed by atoms with Gasteiger partial charge in [0.15, 0.2) is 11.6 Å². The van der Waals surface area contributed by atoms with Crippen LogP contribution in [0.25, 0.3) is 0 Å². The van der Waals surface area contributed by atoms with Crippen molar-refractivity contribution in [2.75, 3.05) is 0 Å². The topological polar surface area (TPSA) is 42.3 Å². The number of pyridine rings is 1. The number of rotatable bonds is 3. The Kier molecular flexibility index (Phi) is 4.08. The SMILES string of the molecule is CCc1cc(CC)c2c(n1)N=C(c1ccc(Cl)cc1)CC2=O. The standard InChI is InChI=1S/C18H17ClN2O/c1-3-11-9-14(4-2)20-18-17(11)16(22)10-15(21-18)12-5-7-13(19)8-6-12/h5-9H,3-4,10H2,1-2H3. The van der Waals surface area contributed by atoms with Gasteiger partial charge in [-0.3, -0.25) is 4.79 Å². The Morgan fingerprint density at radius 3 is 2.50 bits per heavy atom. The van der Waals surface area contributed by atoms with E-state index in [0.29, 0.717) is 22.8 Å². The van der Waals surface area contributed by atoms with Crippen LogP contribution in [0, 0.1) is 0 Å². The second kappa shape index (κ2) is 6.01. The van der Waals surface area contributed by atoms with Crippen molar-refractivity contribution in [3.8, 4) is 0 Å². The van der Waals surface area contributed by atoms with Gasteiger partial charge in [0.05, 0.1) is 17.7 Å². The fourth-order valence-electron chi connectivity index (χ4n) is 2.70. The van der Waals surface area contributed by atoms with Gasteiger partial charge in [-0.15, -0.1) is 0 Å². The summed E-state index contributed by atoms with van der Waals surface area (Å²) in [5, 5.41) is 0.673. The van der Waals surface area contributed by atoms with Crippen LogP contribution < -0.4 is 0 Å². The Hall–Kier alpha value is -2.00. The molecule has 0 unspecified atom stereocenters. The third-order valence-corrected chi connectivity index (χ3v) is 4.16. The first-order chi connectivity index (χ1) is 10.6. The summed E-state index contributed by atoms with van der Waals surface area (Å²) in [6, 6.07) is 9.44. The van der Waals surface area contributed by atoms with E-state index in [2.05, 4.69) is 23.8 Å². The number of Topliss-reactive ketones (excluding diaryl/α,β-unsaturated/α-hetero) is 1. The summed E-state index contributed by atoms with van der Waals surface area (Å²) >= 11 is 5.92. The second-order valence-corrected chi connectivity index (χ2v) is 5.78. The number of fused-ring (bicyclic) bond motifs is 1. The van der Waals surface area contributed by atoms with Crippen molar-refractivity contribution in [1.29, 1.82) is 0 Å². The summed E-state index contributed by atoms with van der Waals surface area (Å²) in [4.78, 5) is 21.8. The number of ketones is 1. The number of carbonyl (C=O) groups excluding carboxylic acids is 1. The molecule has 0 fully saturated rings. The number of aromatic nitrogens is 1. The van der Waals surface area contributed by atoms with Crippen molar-refractivity contribution >= 4 is 28.9 Å². The molecule has 2 heterocycles. The molecule has 1 aliphatic rings. The minimum atomic E-state index is 0.0990. The van der Waals surface area contributed by atoms with Crippen LogP contribution in [0.5, 0.6) is 0 Å². The lowest BCUT2D eigenvalue weighted by Crippen LogP contribution is -2.17. The maximum absolute atomic E-state index is 12.6. The molecule has 4 heteroatoms. The van der Waals surface area contributed by atoms with Crippen molar-refractivity contribution in [3.05, 3.63) is 57.7 Å². The molecule has 1 aromatic carbocycles. The Labute approximate surface area is 135 Å². The lowest BCUT2D eigenvalue weighted by molar-refractivity contribution is 0.0998. The van der Waals surface area contributed by atoms with Crippen molar-refractivity contribution < 1.29 is 4.79 Å². The average molecular weight is 313 g/mol. The van der Waals surface area contributed by atoms with Crippen LogP contribution in [0.2, 0.25) is 5.02 Å². The molecule has 1 aromatic heterocycles. The Bertz CT molecular complexity index is 763. The maximum Gasteiger partial charge on any atom is 0.172 e. The summed E-state index contributed by atoms with van der Waals surface area (Å²) < 4.78 is 0. The molecular weight excluding hydrogens is 296 g/mol. The Morgan fingerprint density at radius 1 is 1.14 bits per heavy atom. The highest BCUT2D eigenvalue weighted by Crippen LogP contribution is 2.30. The second-order valence-electron chi connectivity index (χ2n) is 5.34. The molecule has 2 aromatic rings. The zero-order valence-electron chi connectivity index (χ0n) is 12.7. The number of nitrogens with zero attached hydrogens (tertiary/aromatic N) is 2. The van der Waals surface area contributed by atoms with Gasteiger partial charge in [-0.2, -0.15) is 0 Å². The van der Waals surface area contributed by atoms with E-state index in [1.165, 1.54) is 0 Å². The molecule has 0 bridgehead atoms. The van der Waals surface area contributed by atoms with Crippen LogP contribution in [0.4, 0.5) is 5.82 Å². The molecule has 0 aliphatic carbocycles. The van der Waals surface area contributed by atoms with Crippen LogP contribution >= 0.6 is 11.6 Å². The number of benzene rings is 1. The van der Waals surface area contributed by atoms with Crippen molar-refractivity contribution in [2.45, 2.75) is 33.1 Å². The summed E-state index contributed by atoms with van der Waals surface area (Å²) in [6.45, 7) is 4.11. The zero-order valence-corrected chi connectivity index (χ0v) is 13.4. The van der Waals surface area contributed by atoms with Gasteiger partial charge in [-0.05, 0) is 42.2 Å². The van der Waals surface area contributed by atoms with Gasteiger partial charge in [-0.1, -0.05) is 37.6 Å². The summed E-state index contributed by atoms with van der Waals surface area (Å²) in [5.41, 5.74) is 4.40. The lowest BCUT2D eigenvalue weighted by Gasteiger charge is -2.18. The van der Waals surface area contributed by atoms with E-state index in [1.807, 2.05) is 30.3 Å². The van der Waals surface area contributed by atoms with Crippen LogP contribution in [0.15, 0.2) is 35.3 Å². The van der Waals surface area contributed by atoms with Gasteiger partial charge in [0.1, 0.15) is 0 Å². The molecule has 0 N–H and O–H groups in total. The normalized spacial score (nSPS) is 13.8. The third kappa shape index (κ3) is 2.69. The zero-order chi connectivity index (χ0) is 15.7. The molecule has 0 radical (unpaired) electrons. The monoisotopic (exact) mass is 312 g/mol. The van der Waals surface area contributed by atoms with E-state index in [-0.39, 0.29) is 5.78 Å². The van der Waals surface area contributed by atoms with Gasteiger partial charge in [0, 0.05) is 10.7 Å². The van der Waals surface area contributed by atoms with Gasteiger partial charge in [-0.25, -0.2) is 9.98 Å². The first-order valence-electron chi connectivity index (χ1n) is 7.51. The van der Waals surface area contributed by atoms with E-state index in [1.54, 1.807) is 0 Å². The maximum atomic E-state index is 12.6. The van der Waals surface area contributed by atoms with Crippen molar-refractivity contribution in [3.63, 3.8) is 0 Å². The number of aryl methyl sites for hydroxylation is 2. The van der Waals surface area contributed by atoms with Crippen LogP contribution in [-0.2, 0) is 12.8 Å². The molecule has 0 amide bonds. The highest BCUT2D eigenvalue weighted by molar-refractivity contribution is 6.30. The van der Waals surface area contributed by atoms with E-state index < -0.39 is 0 Å². The molecular formula is C18H17ClN2O. The van der Waals surface area contributed by atoms with E-state index in [0.717, 1.165) is 35.4 Å². The lowest BCUT2D eigenvalue weighted by atomic mass is 9.93. The number of hydrogen-bond donors (Lipinski definition) is 0. The molecule has 112 valence electrons. The molecule has 3 nitrogen and oxygen atoms in total. The summed E-state index contributed by atoms with van der Waals surface area (Å²) in [5.74, 6) is 0.666. The van der Waals surface area contributed by atoms with Crippen LogP contribution in [0.3, 0.4) is 0 Å². The van der Waals surface area contributed by atoms with Crippen LogP contribution in [0.1, 0.15) is 47.4 Å². The predicted octanol–water partition coefficient (Wildman–Crippen LogP) is 4.57. The van der Waals surface area contributed by atoms with Gasteiger partial charge in [0.2, 0.25) is 0 Å². The molecule has 0 saturated heterocycles. The van der Waals surface area contributed by atoms with E-state index in [9.17, 15) is 4.79 Å². The summed E-state index contributed by atoms with van der Waals surface area (Å²) in [7, 11) is 0. The Morgan fingerprint density at radius 2 is 1.86 bits per heavy atom. The van der Waals surface area contributed by atoms with Gasteiger partial charge >= 0.3 is 0 Å². The van der Waals surface area contributed by atoms with E-state index >= 15 is 0 Å². The number of carbonyl (C=O) groups is 1. The molecule has 0 atom stereocenters. The first kappa shape index (κ1) is 14.9. The molecule has 22 heavy (non-hydrogen) atoms. The predicted molar refractivity (Wildman–Crippen MR) is 89.6 cm³/mol. The molecule has 3 rings (SSSR count). The van der Waals surface area contributed by atoms with Crippen molar-refractivity contribution in [2.24, 2.45) is 4.99 Å². The average Bonchev–Trinajstić information content (AvgIpc) is 2.54. The molecule has 1 aliphatic heterocycles. The van der Waals surface area contributed by atoms with Gasteiger partial charge in [0.25, 0.3) is 0 Å².